The largest absolute Gasteiger partial charge is 0.325 e. The Morgan fingerprint density at radius 2 is 2.07 bits per heavy atom. The molecule has 0 saturated carbocycles. The normalized spacial score (nSPS) is 28.7. The number of hydrogen-bond acceptors (Lipinski definition) is 3. The van der Waals surface area contributed by atoms with E-state index in [1.807, 2.05) is 5.38 Å². The van der Waals surface area contributed by atoms with Crippen LogP contribution in [0.3, 0.4) is 0 Å². The number of carbonyl (C=O) groups is 1. The van der Waals surface area contributed by atoms with Crippen LogP contribution in [0.1, 0.15) is 11.5 Å². The van der Waals surface area contributed by atoms with Crippen molar-refractivity contribution in [3.63, 3.8) is 0 Å². The molecule has 1 aromatic rings. The summed E-state index contributed by atoms with van der Waals surface area (Å²) in [6.45, 7) is 1.77. The van der Waals surface area contributed by atoms with Crippen LogP contribution in [0.5, 0.6) is 0 Å². The van der Waals surface area contributed by atoms with Gasteiger partial charge in [-0.2, -0.15) is 0 Å². The quantitative estimate of drug-likeness (QED) is 0.708. The molecule has 76 valence electrons. The van der Waals surface area contributed by atoms with E-state index < -0.39 is 0 Å². The van der Waals surface area contributed by atoms with Crippen LogP contribution >= 0.6 is 23.7 Å². The number of anilines is 1. The van der Waals surface area contributed by atoms with Crippen LogP contribution in [-0.4, -0.2) is 19.0 Å². The van der Waals surface area contributed by atoms with E-state index in [0.717, 1.165) is 18.8 Å². The van der Waals surface area contributed by atoms with Crippen molar-refractivity contribution >= 4 is 35.3 Å². The highest BCUT2D eigenvalue weighted by atomic mass is 35.5. The van der Waals surface area contributed by atoms with E-state index in [1.165, 1.54) is 5.56 Å². The average Bonchev–Trinajstić information content (AvgIpc) is 2.66. The molecule has 3 rings (SSSR count). The second kappa shape index (κ2) is 3.53. The van der Waals surface area contributed by atoms with E-state index in [2.05, 4.69) is 16.0 Å². The maximum Gasteiger partial charge on any atom is 0.229 e. The standard InChI is InChI=1S/C9H10N2OS.ClH/c12-9-6-2-10-1-5(6)7-3-13-4-8(7)11-9;/h3-6,10H,1-2H2,(H,11,12);1H/t5-,6+;/m1./s1. The molecule has 3 heterocycles. The van der Waals surface area contributed by atoms with Gasteiger partial charge in [-0.15, -0.1) is 23.7 Å². The van der Waals surface area contributed by atoms with E-state index >= 15 is 0 Å². The van der Waals surface area contributed by atoms with Gasteiger partial charge in [-0.3, -0.25) is 4.79 Å². The molecule has 2 aliphatic rings. The van der Waals surface area contributed by atoms with Crippen molar-refractivity contribution in [1.29, 1.82) is 0 Å². The highest BCUT2D eigenvalue weighted by Crippen LogP contribution is 2.39. The van der Waals surface area contributed by atoms with Crippen LogP contribution in [0.4, 0.5) is 5.69 Å². The molecule has 0 aromatic carbocycles. The van der Waals surface area contributed by atoms with Crippen LogP contribution < -0.4 is 10.6 Å². The Bertz CT molecular complexity index is 365. The first-order valence-corrected chi connectivity index (χ1v) is 5.38. The lowest BCUT2D eigenvalue weighted by atomic mass is 9.86. The fourth-order valence-electron chi connectivity index (χ4n) is 2.20. The zero-order chi connectivity index (χ0) is 8.84. The van der Waals surface area contributed by atoms with E-state index in [1.54, 1.807) is 11.3 Å². The Morgan fingerprint density at radius 3 is 2.93 bits per heavy atom. The third kappa shape index (κ3) is 1.26. The van der Waals surface area contributed by atoms with E-state index in [0.29, 0.717) is 5.92 Å². The molecule has 0 unspecified atom stereocenters. The van der Waals surface area contributed by atoms with Gasteiger partial charge in [0.1, 0.15) is 0 Å². The minimum atomic E-state index is 0. The lowest BCUT2D eigenvalue weighted by molar-refractivity contribution is -0.120. The van der Waals surface area contributed by atoms with Crippen molar-refractivity contribution in [1.82, 2.24) is 5.32 Å². The smallest absolute Gasteiger partial charge is 0.229 e. The number of halogens is 1. The monoisotopic (exact) mass is 230 g/mol. The summed E-state index contributed by atoms with van der Waals surface area (Å²) in [5, 5.41) is 10.4. The van der Waals surface area contributed by atoms with Gasteiger partial charge < -0.3 is 10.6 Å². The average molecular weight is 231 g/mol. The zero-order valence-corrected chi connectivity index (χ0v) is 9.08. The van der Waals surface area contributed by atoms with Gasteiger partial charge in [0.05, 0.1) is 11.6 Å². The minimum absolute atomic E-state index is 0. The van der Waals surface area contributed by atoms with Gasteiger partial charge in [0, 0.05) is 24.4 Å². The fourth-order valence-corrected chi connectivity index (χ4v) is 3.05. The molecule has 1 fully saturated rings. The molecule has 0 bridgehead atoms. The predicted molar refractivity (Wildman–Crippen MR) is 59.3 cm³/mol. The minimum Gasteiger partial charge on any atom is -0.325 e. The van der Waals surface area contributed by atoms with Crippen LogP contribution in [-0.2, 0) is 4.79 Å². The summed E-state index contributed by atoms with van der Waals surface area (Å²) in [5.41, 5.74) is 2.35. The van der Waals surface area contributed by atoms with Gasteiger partial charge in [0.2, 0.25) is 5.91 Å². The summed E-state index contributed by atoms with van der Waals surface area (Å²) >= 11 is 1.66. The maximum atomic E-state index is 11.6. The molecule has 2 aliphatic heterocycles. The van der Waals surface area contributed by atoms with Gasteiger partial charge in [0.25, 0.3) is 0 Å². The first kappa shape index (κ1) is 9.96. The second-order valence-electron chi connectivity index (χ2n) is 3.60. The maximum absolute atomic E-state index is 11.6. The fraction of sp³-hybridized carbons (Fsp3) is 0.444. The summed E-state index contributed by atoms with van der Waals surface area (Å²) in [7, 11) is 0. The molecule has 3 nitrogen and oxygen atoms in total. The molecule has 0 aliphatic carbocycles. The Hall–Kier alpha value is -0.580. The molecule has 1 aromatic heterocycles. The molecule has 0 radical (unpaired) electrons. The van der Waals surface area contributed by atoms with E-state index in [9.17, 15) is 4.79 Å². The Balaban J connectivity index is 0.000000750. The number of hydrogen-bond donors (Lipinski definition) is 2. The third-order valence-corrected chi connectivity index (χ3v) is 3.66. The summed E-state index contributed by atoms with van der Waals surface area (Å²) in [6, 6.07) is 0. The van der Waals surface area contributed by atoms with E-state index in [-0.39, 0.29) is 24.2 Å². The van der Waals surface area contributed by atoms with Gasteiger partial charge in [-0.25, -0.2) is 0 Å². The molecule has 2 N–H and O–H groups in total. The highest BCUT2D eigenvalue weighted by molar-refractivity contribution is 7.08. The van der Waals surface area contributed by atoms with Crippen molar-refractivity contribution in [2.45, 2.75) is 5.92 Å². The number of nitrogens with one attached hydrogen (secondary N) is 2. The molecule has 5 heteroatoms. The summed E-state index contributed by atoms with van der Waals surface area (Å²) in [6.07, 6.45) is 0. The number of fused-ring (bicyclic) bond motifs is 3. The first-order valence-electron chi connectivity index (χ1n) is 4.44. The van der Waals surface area contributed by atoms with Crippen LogP contribution in [0.15, 0.2) is 10.8 Å². The topological polar surface area (TPSA) is 41.1 Å². The van der Waals surface area contributed by atoms with Crippen LogP contribution in [0.25, 0.3) is 0 Å². The van der Waals surface area contributed by atoms with Crippen LogP contribution in [0, 0.1) is 5.92 Å². The van der Waals surface area contributed by atoms with Crippen molar-refractivity contribution in [2.75, 3.05) is 18.4 Å². The zero-order valence-electron chi connectivity index (χ0n) is 7.45. The molecule has 2 atom stereocenters. The molecule has 1 amide bonds. The molecule has 14 heavy (non-hydrogen) atoms. The lowest BCUT2D eigenvalue weighted by Crippen LogP contribution is -2.32. The lowest BCUT2D eigenvalue weighted by Gasteiger charge is -2.24. The van der Waals surface area contributed by atoms with Gasteiger partial charge in [-0.1, -0.05) is 0 Å². The number of rotatable bonds is 0. The Morgan fingerprint density at radius 1 is 1.29 bits per heavy atom. The van der Waals surface area contributed by atoms with Crippen molar-refractivity contribution in [2.24, 2.45) is 5.92 Å². The number of thiophene rings is 1. The van der Waals surface area contributed by atoms with Crippen molar-refractivity contribution in [3.8, 4) is 0 Å². The van der Waals surface area contributed by atoms with Gasteiger partial charge in [-0.05, 0) is 10.9 Å². The predicted octanol–water partition coefficient (Wildman–Crippen LogP) is 1.43. The SMILES string of the molecule is Cl.O=C1Nc2cscc2[C@@H]2CNC[C@H]12. The van der Waals surface area contributed by atoms with Crippen molar-refractivity contribution < 1.29 is 4.79 Å². The summed E-state index contributed by atoms with van der Waals surface area (Å²) in [5.74, 6) is 0.748. The third-order valence-electron chi connectivity index (χ3n) is 2.90. The van der Waals surface area contributed by atoms with Gasteiger partial charge >= 0.3 is 0 Å². The van der Waals surface area contributed by atoms with Crippen molar-refractivity contribution in [3.05, 3.63) is 16.3 Å². The van der Waals surface area contributed by atoms with Crippen LogP contribution in [0.2, 0.25) is 0 Å². The number of carbonyl (C=O) groups excluding carboxylic acids is 1. The Labute approximate surface area is 92.3 Å². The first-order chi connectivity index (χ1) is 6.36. The molecular formula is C9H11ClN2OS. The summed E-state index contributed by atoms with van der Waals surface area (Å²) in [4.78, 5) is 11.6. The second-order valence-corrected chi connectivity index (χ2v) is 4.34. The number of amides is 1. The summed E-state index contributed by atoms with van der Waals surface area (Å²) < 4.78 is 0. The highest BCUT2D eigenvalue weighted by Gasteiger charge is 2.39. The molecular weight excluding hydrogens is 220 g/mol. The Kier molecular flexibility index (Phi) is 2.51. The molecule has 1 saturated heterocycles. The molecule has 0 spiro atoms. The van der Waals surface area contributed by atoms with E-state index in [4.69, 9.17) is 0 Å². The van der Waals surface area contributed by atoms with Gasteiger partial charge in [0.15, 0.2) is 0 Å².